The number of nitrogens with zero attached hydrogens (tertiary/aromatic N) is 2. The van der Waals surface area contributed by atoms with E-state index < -0.39 is 0 Å². The van der Waals surface area contributed by atoms with Gasteiger partial charge >= 0.3 is 0 Å². The summed E-state index contributed by atoms with van der Waals surface area (Å²) in [4.78, 5) is 25.6. The van der Waals surface area contributed by atoms with Gasteiger partial charge in [-0.25, -0.2) is 4.68 Å². The van der Waals surface area contributed by atoms with Gasteiger partial charge in [-0.1, -0.05) is 60.7 Å². The van der Waals surface area contributed by atoms with Crippen molar-refractivity contribution in [1.82, 2.24) is 9.78 Å². The van der Waals surface area contributed by atoms with Gasteiger partial charge in [0.1, 0.15) is 0 Å². The molecule has 6 nitrogen and oxygen atoms in total. The number of para-hydroxylation sites is 1. The number of anilines is 2. The van der Waals surface area contributed by atoms with Crippen molar-refractivity contribution in [3.8, 4) is 5.69 Å². The molecule has 0 saturated carbocycles. The second kappa shape index (κ2) is 9.88. The molecule has 178 valence electrons. The molecule has 0 spiro atoms. The van der Waals surface area contributed by atoms with Crippen LogP contribution in [0, 0.1) is 13.8 Å². The van der Waals surface area contributed by atoms with E-state index in [0.29, 0.717) is 16.9 Å². The molecule has 0 unspecified atom stereocenters. The van der Waals surface area contributed by atoms with Crippen LogP contribution in [-0.4, -0.2) is 21.6 Å². The van der Waals surface area contributed by atoms with Gasteiger partial charge in [0.25, 0.3) is 5.91 Å². The average Bonchev–Trinajstić information content (AvgIpc) is 3.18. The molecule has 1 heterocycles. The van der Waals surface area contributed by atoms with E-state index in [0.717, 1.165) is 33.4 Å². The first-order valence-corrected chi connectivity index (χ1v) is 11.8. The summed E-state index contributed by atoms with van der Waals surface area (Å²) in [5.74, 6) is -0.342. The van der Waals surface area contributed by atoms with E-state index in [2.05, 4.69) is 15.7 Å². The SMILES string of the molecule is Cc1nn(-c2ccccc2)c(C)c1NC(=O)c1ccc(NC(=O)Cc2cccc3ccccc23)cc1. The van der Waals surface area contributed by atoms with Gasteiger partial charge in [0.05, 0.1) is 29.2 Å². The molecular weight excluding hydrogens is 448 g/mol. The summed E-state index contributed by atoms with van der Waals surface area (Å²) in [5.41, 5.74) is 5.32. The third-order valence-electron chi connectivity index (χ3n) is 6.19. The molecule has 0 saturated heterocycles. The Balaban J connectivity index is 1.25. The summed E-state index contributed by atoms with van der Waals surface area (Å²) in [6.07, 6.45) is 0.271. The van der Waals surface area contributed by atoms with Gasteiger partial charge in [-0.2, -0.15) is 5.10 Å². The van der Waals surface area contributed by atoms with E-state index in [4.69, 9.17) is 0 Å². The van der Waals surface area contributed by atoms with E-state index in [1.807, 2.05) is 91.3 Å². The highest BCUT2D eigenvalue weighted by molar-refractivity contribution is 6.05. The highest BCUT2D eigenvalue weighted by Gasteiger charge is 2.16. The lowest BCUT2D eigenvalue weighted by Gasteiger charge is -2.10. The van der Waals surface area contributed by atoms with E-state index in [9.17, 15) is 9.59 Å². The monoisotopic (exact) mass is 474 g/mol. The highest BCUT2D eigenvalue weighted by Crippen LogP contribution is 2.24. The smallest absolute Gasteiger partial charge is 0.255 e. The first-order chi connectivity index (χ1) is 17.5. The molecule has 1 aromatic heterocycles. The maximum absolute atomic E-state index is 12.9. The minimum absolute atomic E-state index is 0.108. The third kappa shape index (κ3) is 4.74. The van der Waals surface area contributed by atoms with Crippen molar-refractivity contribution in [1.29, 1.82) is 0 Å². The van der Waals surface area contributed by atoms with Crippen molar-refractivity contribution in [2.75, 3.05) is 10.6 Å². The van der Waals surface area contributed by atoms with Gasteiger partial charge in [-0.3, -0.25) is 9.59 Å². The summed E-state index contributed by atoms with van der Waals surface area (Å²) < 4.78 is 1.82. The summed E-state index contributed by atoms with van der Waals surface area (Å²) in [6.45, 7) is 3.80. The first kappa shape index (κ1) is 23.1. The van der Waals surface area contributed by atoms with Crippen LogP contribution in [0.1, 0.15) is 27.3 Å². The molecule has 6 heteroatoms. The zero-order valence-corrected chi connectivity index (χ0v) is 20.2. The number of fused-ring (bicyclic) bond motifs is 1. The van der Waals surface area contributed by atoms with Crippen LogP contribution in [0.25, 0.3) is 16.5 Å². The molecule has 0 radical (unpaired) electrons. The quantitative estimate of drug-likeness (QED) is 0.313. The van der Waals surface area contributed by atoms with Crippen LogP contribution in [0.2, 0.25) is 0 Å². The zero-order valence-electron chi connectivity index (χ0n) is 20.2. The number of aromatic nitrogens is 2. The molecule has 2 amide bonds. The van der Waals surface area contributed by atoms with Crippen molar-refractivity contribution < 1.29 is 9.59 Å². The Morgan fingerprint density at radius 2 is 1.47 bits per heavy atom. The third-order valence-corrected chi connectivity index (χ3v) is 6.19. The van der Waals surface area contributed by atoms with Crippen LogP contribution < -0.4 is 10.6 Å². The van der Waals surface area contributed by atoms with Crippen molar-refractivity contribution >= 4 is 34.0 Å². The standard InChI is InChI=1S/C30H26N4O2/c1-20-29(21(2)34(33-20)26-12-4-3-5-13-26)32-30(36)23-15-17-25(18-16-23)31-28(35)19-24-11-8-10-22-9-6-7-14-27(22)24/h3-18H,19H2,1-2H3,(H,31,35)(H,32,36). The van der Waals surface area contributed by atoms with Crippen molar-refractivity contribution in [3.05, 3.63) is 120 Å². The lowest BCUT2D eigenvalue weighted by atomic mass is 10.0. The molecule has 2 N–H and O–H groups in total. The number of hydrogen-bond acceptors (Lipinski definition) is 3. The minimum atomic E-state index is -0.234. The maximum atomic E-state index is 12.9. The Hall–Kier alpha value is -4.71. The molecule has 5 aromatic rings. The normalized spacial score (nSPS) is 10.8. The lowest BCUT2D eigenvalue weighted by molar-refractivity contribution is -0.115. The predicted octanol–water partition coefficient (Wildman–Crippen LogP) is 6.08. The van der Waals surface area contributed by atoms with Gasteiger partial charge < -0.3 is 10.6 Å². The van der Waals surface area contributed by atoms with E-state index in [1.165, 1.54) is 0 Å². The van der Waals surface area contributed by atoms with E-state index >= 15 is 0 Å². The Morgan fingerprint density at radius 3 is 2.25 bits per heavy atom. The summed E-state index contributed by atoms with van der Waals surface area (Å²) in [7, 11) is 0. The zero-order chi connectivity index (χ0) is 25.1. The van der Waals surface area contributed by atoms with Crippen LogP contribution in [0.4, 0.5) is 11.4 Å². The molecule has 0 bridgehead atoms. The van der Waals surface area contributed by atoms with Gasteiger partial charge in [0.15, 0.2) is 0 Å². The molecule has 0 aliphatic heterocycles. The number of nitrogens with one attached hydrogen (secondary N) is 2. The van der Waals surface area contributed by atoms with E-state index in [-0.39, 0.29) is 18.2 Å². The highest BCUT2D eigenvalue weighted by atomic mass is 16.2. The number of carbonyl (C=O) groups excluding carboxylic acids is 2. The topological polar surface area (TPSA) is 76.0 Å². The lowest BCUT2D eigenvalue weighted by Crippen LogP contribution is -2.15. The van der Waals surface area contributed by atoms with Gasteiger partial charge in [-0.15, -0.1) is 0 Å². The minimum Gasteiger partial charge on any atom is -0.326 e. The predicted molar refractivity (Wildman–Crippen MR) is 144 cm³/mol. The van der Waals surface area contributed by atoms with Crippen LogP contribution in [0.5, 0.6) is 0 Å². The maximum Gasteiger partial charge on any atom is 0.255 e. The van der Waals surface area contributed by atoms with Crippen molar-refractivity contribution in [2.24, 2.45) is 0 Å². The van der Waals surface area contributed by atoms with Crippen molar-refractivity contribution in [2.45, 2.75) is 20.3 Å². The fraction of sp³-hybridized carbons (Fsp3) is 0.100. The second-order valence-electron chi connectivity index (χ2n) is 8.69. The number of hydrogen-bond donors (Lipinski definition) is 2. The number of amides is 2. The molecular formula is C30H26N4O2. The Kier molecular flexibility index (Phi) is 6.33. The van der Waals surface area contributed by atoms with Crippen LogP contribution in [-0.2, 0) is 11.2 Å². The Morgan fingerprint density at radius 1 is 0.778 bits per heavy atom. The number of carbonyl (C=O) groups is 2. The largest absolute Gasteiger partial charge is 0.326 e. The average molecular weight is 475 g/mol. The number of aryl methyl sites for hydroxylation is 1. The summed E-state index contributed by atoms with van der Waals surface area (Å²) in [5, 5.41) is 12.7. The molecule has 0 fully saturated rings. The Bertz CT molecular complexity index is 1550. The number of benzene rings is 4. The van der Waals surface area contributed by atoms with Crippen LogP contribution in [0.15, 0.2) is 97.1 Å². The fourth-order valence-corrected chi connectivity index (χ4v) is 4.36. The van der Waals surface area contributed by atoms with Gasteiger partial charge in [-0.05, 0) is 66.6 Å². The van der Waals surface area contributed by atoms with Crippen LogP contribution in [0.3, 0.4) is 0 Å². The summed E-state index contributed by atoms with van der Waals surface area (Å²) >= 11 is 0. The molecule has 5 rings (SSSR count). The Labute approximate surface area is 209 Å². The summed E-state index contributed by atoms with van der Waals surface area (Å²) in [6, 6.07) is 30.7. The second-order valence-corrected chi connectivity index (χ2v) is 8.69. The molecule has 36 heavy (non-hydrogen) atoms. The van der Waals surface area contributed by atoms with E-state index in [1.54, 1.807) is 24.3 Å². The molecule has 0 aliphatic rings. The van der Waals surface area contributed by atoms with Gasteiger partial charge in [0.2, 0.25) is 5.91 Å². The molecule has 4 aromatic carbocycles. The first-order valence-electron chi connectivity index (χ1n) is 11.8. The van der Waals surface area contributed by atoms with Crippen LogP contribution >= 0.6 is 0 Å². The molecule has 0 aliphatic carbocycles. The molecule has 0 atom stereocenters. The van der Waals surface area contributed by atoms with Gasteiger partial charge in [0, 0.05) is 11.3 Å². The number of rotatable bonds is 6. The fourth-order valence-electron chi connectivity index (χ4n) is 4.36. The van der Waals surface area contributed by atoms with Crippen molar-refractivity contribution in [3.63, 3.8) is 0 Å².